The summed E-state index contributed by atoms with van der Waals surface area (Å²) in [6.07, 6.45) is -2.54. The number of alkyl halides is 3. The smallest absolute Gasteiger partial charge is 0.358 e. The number of H-pyrrole nitrogens is 1. The average Bonchev–Trinajstić information content (AvgIpc) is 3.74. The average molecular weight is 685 g/mol. The van der Waals surface area contributed by atoms with Gasteiger partial charge in [-0.25, -0.2) is 4.39 Å². The van der Waals surface area contributed by atoms with Crippen molar-refractivity contribution in [3.8, 4) is 0 Å². The van der Waals surface area contributed by atoms with E-state index in [1.54, 1.807) is 19.1 Å². The fourth-order valence-electron chi connectivity index (χ4n) is 6.40. The van der Waals surface area contributed by atoms with E-state index >= 15 is 0 Å². The van der Waals surface area contributed by atoms with Gasteiger partial charge in [0, 0.05) is 17.5 Å². The van der Waals surface area contributed by atoms with Gasteiger partial charge in [-0.2, -0.15) is 18.2 Å². The minimum atomic E-state index is -4.62. The second kappa shape index (κ2) is 14.4. The quantitative estimate of drug-likeness (QED) is 0.141. The summed E-state index contributed by atoms with van der Waals surface area (Å²) in [5.74, 6) is -2.76. The standard InChI is InChI=1S/C35H40F4N6O4/c1-5-19(3)28(43-27(46)16-21-10-7-8-13-25(21)36)31(47)45-34(33(48)44-29(20(4)6-2)32-40-18-41-49-32)15-14-26-23(17-34)22-11-9-12-24(30(22)42-26)35(37,38)39/h7-13,18-20,28-29,42H,5-6,14-17H2,1-4H3,(H,43,46)(H,44,48)(H,45,47)/t19?,20?,28-,29-,34-/m0/s1. The number of nitrogens with one attached hydrogen (secondary N) is 4. The minimum Gasteiger partial charge on any atom is -0.358 e. The van der Waals surface area contributed by atoms with E-state index < -0.39 is 58.8 Å². The number of nitrogens with zero attached hydrogens (tertiary/aromatic N) is 2. The molecule has 0 saturated carbocycles. The lowest BCUT2D eigenvalue weighted by molar-refractivity contribution is -0.137. The van der Waals surface area contributed by atoms with Crippen molar-refractivity contribution in [1.82, 2.24) is 31.1 Å². The Morgan fingerprint density at radius 2 is 1.76 bits per heavy atom. The van der Waals surface area contributed by atoms with E-state index in [1.165, 1.54) is 30.6 Å². The molecular weight excluding hydrogens is 644 g/mol. The Balaban J connectivity index is 1.52. The van der Waals surface area contributed by atoms with Crippen molar-refractivity contribution >= 4 is 28.6 Å². The van der Waals surface area contributed by atoms with Gasteiger partial charge < -0.3 is 25.5 Å². The number of para-hydroxylation sites is 1. The maximum Gasteiger partial charge on any atom is 0.418 e. The van der Waals surface area contributed by atoms with Crippen molar-refractivity contribution in [2.75, 3.05) is 0 Å². The molecule has 49 heavy (non-hydrogen) atoms. The van der Waals surface area contributed by atoms with Gasteiger partial charge in [0.25, 0.3) is 0 Å². The predicted octanol–water partition coefficient (Wildman–Crippen LogP) is 5.73. The molecule has 0 fully saturated rings. The molecule has 14 heteroatoms. The maximum atomic E-state index is 14.5. The molecule has 4 aromatic rings. The normalized spacial score (nSPS) is 18.6. The number of benzene rings is 2. The van der Waals surface area contributed by atoms with Crippen LogP contribution in [0.2, 0.25) is 0 Å². The molecule has 262 valence electrons. The number of aryl methyl sites for hydroxylation is 1. The largest absolute Gasteiger partial charge is 0.418 e. The molecular formula is C35H40F4N6O4. The number of aromatic nitrogens is 3. The van der Waals surface area contributed by atoms with Crippen LogP contribution in [0.3, 0.4) is 0 Å². The number of amides is 3. The Morgan fingerprint density at radius 3 is 2.41 bits per heavy atom. The van der Waals surface area contributed by atoms with Crippen LogP contribution in [0.4, 0.5) is 17.6 Å². The zero-order valence-electron chi connectivity index (χ0n) is 27.7. The molecule has 2 unspecified atom stereocenters. The Hall–Kier alpha value is -4.75. The summed E-state index contributed by atoms with van der Waals surface area (Å²) in [7, 11) is 0. The van der Waals surface area contributed by atoms with Crippen LogP contribution in [-0.4, -0.2) is 44.4 Å². The van der Waals surface area contributed by atoms with Crippen LogP contribution in [-0.2, 0) is 39.8 Å². The van der Waals surface area contributed by atoms with Crippen LogP contribution in [0.1, 0.15) is 81.3 Å². The van der Waals surface area contributed by atoms with Crippen molar-refractivity contribution in [1.29, 1.82) is 0 Å². The SMILES string of the molecule is CCC(C)[C@H](NC(=O)Cc1ccccc1F)C(=O)N[C@@]1(C(=O)N[C@H](c2ncno2)C(C)CC)CCc2[nH]c3c(C(F)(F)F)cccc3c2C1. The van der Waals surface area contributed by atoms with Crippen LogP contribution in [0, 0.1) is 17.7 Å². The highest BCUT2D eigenvalue weighted by molar-refractivity contribution is 5.97. The third-order valence-electron chi connectivity index (χ3n) is 9.68. The summed E-state index contributed by atoms with van der Waals surface area (Å²) in [6.45, 7) is 7.43. The molecule has 1 aliphatic carbocycles. The fraction of sp³-hybridized carbons (Fsp3) is 0.457. The van der Waals surface area contributed by atoms with Gasteiger partial charge in [-0.3, -0.25) is 14.4 Å². The van der Waals surface area contributed by atoms with Crippen LogP contribution in [0.5, 0.6) is 0 Å². The van der Waals surface area contributed by atoms with E-state index in [1.807, 2.05) is 20.8 Å². The number of fused-ring (bicyclic) bond motifs is 3. The molecule has 5 rings (SSSR count). The van der Waals surface area contributed by atoms with Crippen molar-refractivity contribution in [3.63, 3.8) is 0 Å². The minimum absolute atomic E-state index is 0.0409. The van der Waals surface area contributed by atoms with E-state index in [-0.39, 0.29) is 48.6 Å². The van der Waals surface area contributed by atoms with Gasteiger partial charge in [0.1, 0.15) is 23.4 Å². The number of aromatic amines is 1. The topological polar surface area (TPSA) is 142 Å². The van der Waals surface area contributed by atoms with E-state index in [9.17, 15) is 31.9 Å². The summed E-state index contributed by atoms with van der Waals surface area (Å²) in [4.78, 5) is 48.9. The monoisotopic (exact) mass is 684 g/mol. The van der Waals surface area contributed by atoms with Crippen LogP contribution in [0.25, 0.3) is 10.9 Å². The zero-order chi connectivity index (χ0) is 35.5. The first-order valence-electron chi connectivity index (χ1n) is 16.4. The second-order valence-corrected chi connectivity index (χ2v) is 12.9. The van der Waals surface area contributed by atoms with Crippen LogP contribution < -0.4 is 16.0 Å². The van der Waals surface area contributed by atoms with Gasteiger partial charge in [0.05, 0.1) is 17.5 Å². The zero-order valence-corrected chi connectivity index (χ0v) is 27.7. The lowest BCUT2D eigenvalue weighted by Gasteiger charge is -2.39. The van der Waals surface area contributed by atoms with Crippen molar-refractivity contribution < 1.29 is 36.5 Å². The number of rotatable bonds is 12. The fourth-order valence-corrected chi connectivity index (χ4v) is 6.40. The molecule has 2 aromatic carbocycles. The van der Waals surface area contributed by atoms with Gasteiger partial charge in [-0.05, 0) is 47.9 Å². The summed E-state index contributed by atoms with van der Waals surface area (Å²) < 4.78 is 61.5. The van der Waals surface area contributed by atoms with Crippen molar-refractivity contribution in [2.45, 2.75) is 90.0 Å². The van der Waals surface area contributed by atoms with Gasteiger partial charge in [-0.15, -0.1) is 0 Å². The molecule has 0 radical (unpaired) electrons. The second-order valence-electron chi connectivity index (χ2n) is 12.9. The van der Waals surface area contributed by atoms with Gasteiger partial charge in [-0.1, -0.05) is 76.0 Å². The third kappa shape index (κ3) is 7.47. The Morgan fingerprint density at radius 1 is 1.02 bits per heavy atom. The number of halogens is 4. The molecule has 4 N–H and O–H groups in total. The maximum absolute atomic E-state index is 14.5. The number of hydrogen-bond donors (Lipinski definition) is 4. The van der Waals surface area contributed by atoms with Gasteiger partial charge in [0.2, 0.25) is 23.6 Å². The molecule has 0 spiro atoms. The first-order chi connectivity index (χ1) is 23.3. The van der Waals surface area contributed by atoms with E-state index in [2.05, 4.69) is 31.1 Å². The number of carbonyl (C=O) groups is 3. The summed E-state index contributed by atoms with van der Waals surface area (Å²) in [5, 5.41) is 12.6. The lowest BCUT2D eigenvalue weighted by Crippen LogP contribution is -2.65. The first-order valence-corrected chi connectivity index (χ1v) is 16.4. The van der Waals surface area contributed by atoms with Crippen molar-refractivity contribution in [3.05, 3.63) is 82.9 Å². The van der Waals surface area contributed by atoms with Gasteiger partial charge in [0.15, 0.2) is 6.33 Å². The van der Waals surface area contributed by atoms with E-state index in [4.69, 9.17) is 4.52 Å². The highest BCUT2D eigenvalue weighted by Gasteiger charge is 2.47. The van der Waals surface area contributed by atoms with E-state index in [0.29, 0.717) is 29.5 Å². The number of hydrogen-bond acceptors (Lipinski definition) is 6. The molecule has 2 aromatic heterocycles. The summed E-state index contributed by atoms with van der Waals surface area (Å²) in [5.41, 5.74) is -1.39. The molecule has 0 saturated heterocycles. The van der Waals surface area contributed by atoms with Gasteiger partial charge >= 0.3 is 6.18 Å². The number of carbonyl (C=O) groups excluding carboxylic acids is 3. The Bertz CT molecular complexity index is 1810. The summed E-state index contributed by atoms with van der Waals surface area (Å²) in [6, 6.07) is 7.88. The molecule has 3 amide bonds. The molecule has 0 aliphatic heterocycles. The summed E-state index contributed by atoms with van der Waals surface area (Å²) >= 11 is 0. The molecule has 10 nitrogen and oxygen atoms in total. The predicted molar refractivity (Wildman–Crippen MR) is 172 cm³/mol. The third-order valence-corrected chi connectivity index (χ3v) is 9.68. The first kappa shape index (κ1) is 35.6. The Kier molecular flexibility index (Phi) is 10.4. The molecule has 1 aliphatic rings. The van der Waals surface area contributed by atoms with Crippen LogP contribution >= 0.6 is 0 Å². The lowest BCUT2D eigenvalue weighted by atomic mass is 9.78. The van der Waals surface area contributed by atoms with Crippen LogP contribution in [0.15, 0.2) is 53.3 Å². The molecule has 0 bridgehead atoms. The van der Waals surface area contributed by atoms with Crippen molar-refractivity contribution in [2.24, 2.45) is 11.8 Å². The highest BCUT2D eigenvalue weighted by Crippen LogP contribution is 2.40. The molecule has 5 atom stereocenters. The Labute approximate surface area is 280 Å². The highest BCUT2D eigenvalue weighted by atomic mass is 19.4. The molecule has 2 heterocycles. The van der Waals surface area contributed by atoms with E-state index in [0.717, 1.165) is 6.07 Å².